The third-order valence-electron chi connectivity index (χ3n) is 2.58. The molecular weight excluding hydrogens is 231 g/mol. The number of nitrogens with two attached hydrogens (primary N) is 1. The van der Waals surface area contributed by atoms with Gasteiger partial charge in [-0.2, -0.15) is 0 Å². The fourth-order valence-electron chi connectivity index (χ4n) is 1.84. The van der Waals surface area contributed by atoms with E-state index >= 15 is 0 Å². The van der Waals surface area contributed by atoms with E-state index in [1.54, 1.807) is 0 Å². The summed E-state index contributed by atoms with van der Waals surface area (Å²) in [5.41, 5.74) is 5.70. The lowest BCUT2D eigenvalue weighted by atomic mass is 10.2. The van der Waals surface area contributed by atoms with Crippen LogP contribution in [0.2, 0.25) is 0 Å². The lowest BCUT2D eigenvalue weighted by Crippen LogP contribution is -2.25. The van der Waals surface area contributed by atoms with Crippen molar-refractivity contribution in [3.8, 4) is 0 Å². The molecule has 1 saturated heterocycles. The Labute approximate surface area is 93.9 Å². The van der Waals surface area contributed by atoms with Crippen LogP contribution in [0.25, 0.3) is 0 Å². The second-order valence-corrected chi connectivity index (χ2v) is 6.06. The smallest absolute Gasteiger partial charge is 0.235 e. The normalized spacial score (nSPS) is 23.6. The first kappa shape index (κ1) is 11.2. The van der Waals surface area contributed by atoms with Crippen LogP contribution in [-0.2, 0) is 10.0 Å². The van der Waals surface area contributed by atoms with Gasteiger partial charge in [0.05, 0.1) is 17.1 Å². The molecule has 0 aliphatic carbocycles. The summed E-state index contributed by atoms with van der Waals surface area (Å²) in [4.78, 5) is 0. The second kappa shape index (κ2) is 3.62. The standard InChI is InChI=1S/C10H13FN2O2S/c1-7-5-13(16(14,15)6-7)8-2-3-10(12)9(11)4-8/h2-4,7H,5-6,12H2,1H3. The van der Waals surface area contributed by atoms with Crippen molar-refractivity contribution < 1.29 is 12.8 Å². The predicted molar refractivity (Wildman–Crippen MR) is 61.1 cm³/mol. The molecule has 1 atom stereocenters. The number of rotatable bonds is 1. The number of benzene rings is 1. The van der Waals surface area contributed by atoms with Crippen molar-refractivity contribution in [2.24, 2.45) is 5.92 Å². The van der Waals surface area contributed by atoms with Crippen LogP contribution in [-0.4, -0.2) is 20.7 Å². The maximum absolute atomic E-state index is 13.2. The molecule has 4 nitrogen and oxygen atoms in total. The number of hydrogen-bond acceptors (Lipinski definition) is 3. The minimum absolute atomic E-state index is 0.0217. The number of nitrogen functional groups attached to an aromatic ring is 1. The molecule has 0 bridgehead atoms. The summed E-state index contributed by atoms with van der Waals surface area (Å²) < 4.78 is 38.0. The van der Waals surface area contributed by atoms with Gasteiger partial charge in [0, 0.05) is 12.6 Å². The van der Waals surface area contributed by atoms with Gasteiger partial charge >= 0.3 is 0 Å². The van der Waals surface area contributed by atoms with E-state index < -0.39 is 15.8 Å². The molecule has 1 aromatic rings. The van der Waals surface area contributed by atoms with Crippen LogP contribution in [0, 0.1) is 11.7 Å². The zero-order chi connectivity index (χ0) is 11.9. The Morgan fingerprint density at radius 2 is 2.19 bits per heavy atom. The van der Waals surface area contributed by atoms with E-state index in [-0.39, 0.29) is 17.4 Å². The van der Waals surface area contributed by atoms with Crippen LogP contribution in [0.4, 0.5) is 15.8 Å². The third-order valence-corrected chi connectivity index (χ3v) is 4.60. The van der Waals surface area contributed by atoms with Crippen molar-refractivity contribution in [1.82, 2.24) is 0 Å². The van der Waals surface area contributed by atoms with Gasteiger partial charge in [0.2, 0.25) is 10.0 Å². The van der Waals surface area contributed by atoms with Crippen molar-refractivity contribution in [2.45, 2.75) is 6.92 Å². The van der Waals surface area contributed by atoms with E-state index in [9.17, 15) is 12.8 Å². The van der Waals surface area contributed by atoms with Crippen molar-refractivity contribution in [3.63, 3.8) is 0 Å². The maximum Gasteiger partial charge on any atom is 0.235 e. The summed E-state index contributed by atoms with van der Waals surface area (Å²) in [6.07, 6.45) is 0. The number of nitrogens with zero attached hydrogens (tertiary/aromatic N) is 1. The van der Waals surface area contributed by atoms with E-state index in [1.165, 1.54) is 16.4 Å². The van der Waals surface area contributed by atoms with Crippen molar-refractivity contribution in [3.05, 3.63) is 24.0 Å². The molecule has 6 heteroatoms. The molecule has 0 spiro atoms. The lowest BCUT2D eigenvalue weighted by Gasteiger charge is -2.17. The minimum Gasteiger partial charge on any atom is -0.396 e. The van der Waals surface area contributed by atoms with E-state index in [1.807, 2.05) is 6.92 Å². The molecule has 0 aromatic heterocycles. The highest BCUT2D eigenvalue weighted by atomic mass is 32.2. The van der Waals surface area contributed by atoms with Crippen LogP contribution in [0.15, 0.2) is 18.2 Å². The SMILES string of the molecule is CC1CN(c2ccc(N)c(F)c2)S(=O)(=O)C1. The maximum atomic E-state index is 13.2. The number of sulfonamides is 1. The zero-order valence-corrected chi connectivity index (χ0v) is 9.67. The van der Waals surface area contributed by atoms with Gasteiger partial charge in [-0.25, -0.2) is 12.8 Å². The number of halogens is 1. The summed E-state index contributed by atoms with van der Waals surface area (Å²) in [5, 5.41) is 0. The van der Waals surface area contributed by atoms with Crippen LogP contribution < -0.4 is 10.0 Å². The highest BCUT2D eigenvalue weighted by molar-refractivity contribution is 7.93. The Morgan fingerprint density at radius 1 is 1.50 bits per heavy atom. The summed E-state index contributed by atoms with van der Waals surface area (Å²) >= 11 is 0. The largest absolute Gasteiger partial charge is 0.396 e. The van der Waals surface area contributed by atoms with Gasteiger partial charge in [-0.05, 0) is 18.1 Å². The van der Waals surface area contributed by atoms with Crippen LogP contribution in [0.1, 0.15) is 6.92 Å². The number of anilines is 2. The van der Waals surface area contributed by atoms with Gasteiger partial charge in [-0.1, -0.05) is 6.92 Å². The highest BCUT2D eigenvalue weighted by Gasteiger charge is 2.33. The molecule has 1 aliphatic heterocycles. The Hall–Kier alpha value is -1.30. The molecule has 1 aliphatic rings. The summed E-state index contributed by atoms with van der Waals surface area (Å²) in [6.45, 7) is 2.25. The molecule has 1 aromatic carbocycles. The quantitative estimate of drug-likeness (QED) is 0.755. The van der Waals surface area contributed by atoms with E-state index in [4.69, 9.17) is 5.73 Å². The average Bonchev–Trinajstić information content (AvgIpc) is 2.44. The van der Waals surface area contributed by atoms with Gasteiger partial charge < -0.3 is 5.73 Å². The topological polar surface area (TPSA) is 63.4 Å². The molecule has 1 fully saturated rings. The first-order valence-corrected chi connectivity index (χ1v) is 6.56. The molecule has 2 N–H and O–H groups in total. The first-order chi connectivity index (χ1) is 7.40. The van der Waals surface area contributed by atoms with Crippen LogP contribution in [0.5, 0.6) is 0 Å². The van der Waals surface area contributed by atoms with Crippen molar-refractivity contribution in [2.75, 3.05) is 22.3 Å². The van der Waals surface area contributed by atoms with E-state index in [2.05, 4.69) is 0 Å². The Morgan fingerprint density at radius 3 is 2.69 bits per heavy atom. The zero-order valence-electron chi connectivity index (χ0n) is 8.85. The van der Waals surface area contributed by atoms with Gasteiger partial charge in [0.1, 0.15) is 5.82 Å². The molecule has 16 heavy (non-hydrogen) atoms. The monoisotopic (exact) mass is 244 g/mol. The Bertz CT molecular complexity index is 516. The van der Waals surface area contributed by atoms with Crippen molar-refractivity contribution in [1.29, 1.82) is 0 Å². The van der Waals surface area contributed by atoms with Gasteiger partial charge in [-0.3, -0.25) is 4.31 Å². The van der Waals surface area contributed by atoms with Gasteiger partial charge in [0.15, 0.2) is 0 Å². The molecule has 0 amide bonds. The first-order valence-electron chi connectivity index (χ1n) is 4.95. The lowest BCUT2D eigenvalue weighted by molar-refractivity contribution is 0.597. The average molecular weight is 244 g/mol. The molecule has 0 saturated carbocycles. The Balaban J connectivity index is 2.42. The van der Waals surface area contributed by atoms with E-state index in [0.717, 1.165) is 6.07 Å². The van der Waals surface area contributed by atoms with Crippen molar-refractivity contribution >= 4 is 21.4 Å². The van der Waals surface area contributed by atoms with E-state index in [0.29, 0.717) is 12.2 Å². The van der Waals surface area contributed by atoms with Crippen LogP contribution in [0.3, 0.4) is 0 Å². The third kappa shape index (κ3) is 1.84. The fraction of sp³-hybridized carbons (Fsp3) is 0.400. The van der Waals surface area contributed by atoms with Gasteiger partial charge in [-0.15, -0.1) is 0 Å². The summed E-state index contributed by atoms with van der Waals surface area (Å²) in [6, 6.07) is 4.06. The minimum atomic E-state index is -3.29. The molecular formula is C10H13FN2O2S. The molecule has 0 radical (unpaired) electrons. The second-order valence-electron chi connectivity index (χ2n) is 4.12. The molecule has 88 valence electrons. The fourth-order valence-corrected chi connectivity index (χ4v) is 3.76. The van der Waals surface area contributed by atoms with Crippen LogP contribution >= 0.6 is 0 Å². The summed E-state index contributed by atoms with van der Waals surface area (Å²) in [7, 11) is -3.29. The molecule has 1 unspecified atom stereocenters. The number of hydrogen-bond donors (Lipinski definition) is 1. The van der Waals surface area contributed by atoms with Gasteiger partial charge in [0.25, 0.3) is 0 Å². The predicted octanol–water partition coefficient (Wildman–Crippen LogP) is 1.19. The Kier molecular flexibility index (Phi) is 2.53. The highest BCUT2D eigenvalue weighted by Crippen LogP contribution is 2.28. The molecule has 2 rings (SSSR count). The summed E-state index contributed by atoms with van der Waals surface area (Å²) in [5.74, 6) is -0.420. The molecule has 1 heterocycles.